The molecule has 3 heterocycles. The lowest BCUT2D eigenvalue weighted by Gasteiger charge is -2.28. The van der Waals surface area contributed by atoms with E-state index in [-0.39, 0.29) is 18.4 Å². The zero-order valence-corrected chi connectivity index (χ0v) is 14.8. The van der Waals surface area contributed by atoms with Gasteiger partial charge in [-0.15, -0.1) is 0 Å². The smallest absolute Gasteiger partial charge is 0.254 e. The SMILES string of the molecule is CC(C)(O)[C@H](F)CN1Cc2cc(-c3ccn[nH]3)c(C3COC3)cc2C1=O. The van der Waals surface area contributed by atoms with E-state index >= 15 is 0 Å². The molecule has 138 valence electrons. The van der Waals surface area contributed by atoms with Gasteiger partial charge in [0.2, 0.25) is 0 Å². The summed E-state index contributed by atoms with van der Waals surface area (Å²) in [4.78, 5) is 14.2. The van der Waals surface area contributed by atoms with Crippen LogP contribution in [0.5, 0.6) is 0 Å². The van der Waals surface area contributed by atoms with Crippen molar-refractivity contribution < 1.29 is 19.0 Å². The van der Waals surface area contributed by atoms with E-state index in [1.807, 2.05) is 18.2 Å². The maximum Gasteiger partial charge on any atom is 0.254 e. The zero-order chi connectivity index (χ0) is 18.5. The molecule has 6 nitrogen and oxygen atoms in total. The largest absolute Gasteiger partial charge is 0.387 e. The topological polar surface area (TPSA) is 78.4 Å². The first-order chi connectivity index (χ1) is 12.3. The number of fused-ring (bicyclic) bond motifs is 1. The molecule has 0 unspecified atom stereocenters. The number of ether oxygens (including phenoxy) is 1. The number of carbonyl (C=O) groups is 1. The summed E-state index contributed by atoms with van der Waals surface area (Å²) in [5.74, 6) is 0.0512. The summed E-state index contributed by atoms with van der Waals surface area (Å²) in [5.41, 5.74) is 2.94. The van der Waals surface area contributed by atoms with Gasteiger partial charge in [-0.25, -0.2) is 4.39 Å². The highest BCUT2D eigenvalue weighted by atomic mass is 19.1. The van der Waals surface area contributed by atoms with Crippen LogP contribution >= 0.6 is 0 Å². The van der Waals surface area contributed by atoms with Gasteiger partial charge in [0.25, 0.3) is 5.91 Å². The molecule has 0 bridgehead atoms. The number of benzene rings is 1. The number of aliphatic hydroxyl groups is 1. The Hall–Kier alpha value is -2.25. The Labute approximate surface area is 151 Å². The van der Waals surface area contributed by atoms with Crippen molar-refractivity contribution >= 4 is 5.91 Å². The third kappa shape index (κ3) is 2.91. The fourth-order valence-corrected chi connectivity index (χ4v) is 3.40. The standard InChI is InChI=1S/C19H22FN3O3/c1-19(2,25)17(20)8-23-7-11-5-15(16-3-4-21-22-16)13(12-9-26-10-12)6-14(11)18(23)24/h3-6,12,17,25H,7-10H2,1-2H3,(H,21,22)/t17-/m1/s1. The molecule has 7 heteroatoms. The van der Waals surface area contributed by atoms with E-state index in [2.05, 4.69) is 10.2 Å². The predicted octanol–water partition coefficient (Wildman–Crippen LogP) is 2.26. The summed E-state index contributed by atoms with van der Waals surface area (Å²) in [7, 11) is 0. The molecule has 0 radical (unpaired) electrons. The molecule has 1 saturated heterocycles. The number of aromatic amines is 1. The Morgan fingerprint density at radius 3 is 2.77 bits per heavy atom. The predicted molar refractivity (Wildman–Crippen MR) is 93.5 cm³/mol. The Morgan fingerprint density at radius 2 is 2.19 bits per heavy atom. The lowest BCUT2D eigenvalue weighted by Crippen LogP contribution is -2.42. The van der Waals surface area contributed by atoms with Crippen molar-refractivity contribution in [3.05, 3.63) is 41.1 Å². The van der Waals surface area contributed by atoms with Gasteiger partial charge in [-0.3, -0.25) is 9.89 Å². The lowest BCUT2D eigenvalue weighted by atomic mass is 9.88. The molecule has 2 aliphatic heterocycles. The minimum Gasteiger partial charge on any atom is -0.387 e. The van der Waals surface area contributed by atoms with Gasteiger partial charge >= 0.3 is 0 Å². The fourth-order valence-electron chi connectivity index (χ4n) is 3.40. The Balaban J connectivity index is 1.68. The van der Waals surface area contributed by atoms with E-state index in [4.69, 9.17) is 4.74 Å². The van der Waals surface area contributed by atoms with Crippen LogP contribution in [0.25, 0.3) is 11.3 Å². The van der Waals surface area contributed by atoms with Crippen molar-refractivity contribution in [2.45, 2.75) is 38.1 Å². The monoisotopic (exact) mass is 359 g/mol. The number of aromatic nitrogens is 2. The van der Waals surface area contributed by atoms with Crippen molar-refractivity contribution in [2.75, 3.05) is 19.8 Å². The summed E-state index contributed by atoms with van der Waals surface area (Å²) in [6, 6.07) is 5.80. The molecule has 26 heavy (non-hydrogen) atoms. The lowest BCUT2D eigenvalue weighted by molar-refractivity contribution is -0.0159. The van der Waals surface area contributed by atoms with Crippen LogP contribution in [0.15, 0.2) is 24.4 Å². The highest BCUT2D eigenvalue weighted by Gasteiger charge is 2.36. The minimum atomic E-state index is -1.51. The average Bonchev–Trinajstić information content (AvgIpc) is 3.14. The minimum absolute atomic E-state index is 0.127. The summed E-state index contributed by atoms with van der Waals surface area (Å²) >= 11 is 0. The van der Waals surface area contributed by atoms with Crippen LogP contribution in [-0.4, -0.2) is 57.6 Å². The maximum absolute atomic E-state index is 14.3. The molecule has 2 N–H and O–H groups in total. The number of nitrogens with zero attached hydrogens (tertiary/aromatic N) is 2. The second-order valence-electron chi connectivity index (χ2n) is 7.61. The first kappa shape index (κ1) is 17.2. The Bertz CT molecular complexity index is 825. The van der Waals surface area contributed by atoms with E-state index in [1.165, 1.54) is 18.7 Å². The van der Waals surface area contributed by atoms with Crippen LogP contribution in [0.2, 0.25) is 0 Å². The van der Waals surface area contributed by atoms with Gasteiger partial charge in [-0.2, -0.15) is 5.10 Å². The van der Waals surface area contributed by atoms with Crippen molar-refractivity contribution in [2.24, 2.45) is 0 Å². The summed E-state index contributed by atoms with van der Waals surface area (Å²) in [6.45, 7) is 4.30. The first-order valence-corrected chi connectivity index (χ1v) is 8.74. The number of H-pyrrole nitrogens is 1. The number of alkyl halides is 1. The molecule has 1 amide bonds. The molecular weight excluding hydrogens is 337 g/mol. The molecule has 2 aromatic rings. The van der Waals surface area contributed by atoms with E-state index in [9.17, 15) is 14.3 Å². The number of rotatable bonds is 5. The van der Waals surface area contributed by atoms with Crippen molar-refractivity contribution in [3.8, 4) is 11.3 Å². The molecule has 0 aliphatic carbocycles. The van der Waals surface area contributed by atoms with Crippen molar-refractivity contribution in [1.82, 2.24) is 15.1 Å². The van der Waals surface area contributed by atoms with Gasteiger partial charge in [0, 0.05) is 29.8 Å². The molecule has 1 atom stereocenters. The van der Waals surface area contributed by atoms with Crippen LogP contribution in [0.3, 0.4) is 0 Å². The van der Waals surface area contributed by atoms with Crippen LogP contribution in [0.1, 0.15) is 41.3 Å². The quantitative estimate of drug-likeness (QED) is 0.858. The van der Waals surface area contributed by atoms with Crippen LogP contribution in [0, 0.1) is 0 Å². The molecule has 0 saturated carbocycles. The van der Waals surface area contributed by atoms with E-state index in [0.717, 1.165) is 22.4 Å². The third-order valence-electron chi connectivity index (χ3n) is 5.17. The van der Waals surface area contributed by atoms with E-state index in [0.29, 0.717) is 25.3 Å². The number of nitrogens with one attached hydrogen (secondary N) is 1. The van der Waals surface area contributed by atoms with Gasteiger partial charge < -0.3 is 14.7 Å². The number of hydrogen-bond acceptors (Lipinski definition) is 4. The van der Waals surface area contributed by atoms with Gasteiger partial charge in [0.1, 0.15) is 6.17 Å². The van der Waals surface area contributed by atoms with Crippen molar-refractivity contribution in [1.29, 1.82) is 0 Å². The van der Waals surface area contributed by atoms with Gasteiger partial charge in [0.05, 0.1) is 31.1 Å². The highest BCUT2D eigenvalue weighted by molar-refractivity contribution is 5.99. The number of amides is 1. The number of carbonyl (C=O) groups excluding carboxylic acids is 1. The van der Waals surface area contributed by atoms with Crippen LogP contribution in [0.4, 0.5) is 4.39 Å². The average molecular weight is 359 g/mol. The first-order valence-electron chi connectivity index (χ1n) is 8.74. The molecule has 0 spiro atoms. The van der Waals surface area contributed by atoms with E-state index in [1.54, 1.807) is 6.20 Å². The molecule has 1 fully saturated rings. The van der Waals surface area contributed by atoms with E-state index < -0.39 is 11.8 Å². The van der Waals surface area contributed by atoms with Crippen molar-refractivity contribution in [3.63, 3.8) is 0 Å². The van der Waals surface area contributed by atoms with Gasteiger partial charge in [-0.05, 0) is 43.2 Å². The second kappa shape index (κ2) is 6.17. The summed E-state index contributed by atoms with van der Waals surface area (Å²) in [6.07, 6.45) is 0.185. The molecule has 4 rings (SSSR count). The normalized spacial score (nSPS) is 18.8. The number of hydrogen-bond donors (Lipinski definition) is 2. The summed E-state index contributed by atoms with van der Waals surface area (Å²) in [5, 5.41) is 16.8. The molecular formula is C19H22FN3O3. The summed E-state index contributed by atoms with van der Waals surface area (Å²) < 4.78 is 19.6. The number of halogens is 1. The van der Waals surface area contributed by atoms with Crippen LogP contribution in [-0.2, 0) is 11.3 Å². The Kier molecular flexibility index (Phi) is 4.08. The fraction of sp³-hybridized carbons (Fsp3) is 0.474. The third-order valence-corrected chi connectivity index (χ3v) is 5.17. The maximum atomic E-state index is 14.3. The highest BCUT2D eigenvalue weighted by Crippen LogP contribution is 2.37. The molecule has 2 aliphatic rings. The zero-order valence-electron chi connectivity index (χ0n) is 14.8. The molecule has 1 aromatic heterocycles. The molecule has 1 aromatic carbocycles. The van der Waals surface area contributed by atoms with Crippen LogP contribution < -0.4 is 0 Å². The second-order valence-corrected chi connectivity index (χ2v) is 7.61. The van der Waals surface area contributed by atoms with Gasteiger partial charge in [0.15, 0.2) is 0 Å². The Morgan fingerprint density at radius 1 is 1.42 bits per heavy atom. The van der Waals surface area contributed by atoms with Gasteiger partial charge in [-0.1, -0.05) is 0 Å².